The third kappa shape index (κ3) is 5.30. The Morgan fingerprint density at radius 1 is 0.857 bits per heavy atom. The Balaban J connectivity index is 1.51. The number of hydrogen-bond donors (Lipinski definition) is 1. The van der Waals surface area contributed by atoms with Gasteiger partial charge in [-0.15, -0.1) is 0 Å². The number of hydrogen-bond acceptors (Lipinski definition) is 3. The highest BCUT2D eigenvalue weighted by Crippen LogP contribution is 2.19. The van der Waals surface area contributed by atoms with Crippen LogP contribution in [-0.4, -0.2) is 48.4 Å². The standard InChI is InChI=1S/C20H21F4N3O/c21-15-4-2-14(3-5-15)12-26-8-1-9-27(11-10-26)13-18(28)25-17-7-6-16(22)19(23)20(17)24/h2-7H,1,8-13H2,(H,25,28). The second-order valence-corrected chi connectivity index (χ2v) is 6.80. The molecule has 0 unspecified atom stereocenters. The van der Waals surface area contributed by atoms with Gasteiger partial charge in [0.15, 0.2) is 17.5 Å². The lowest BCUT2D eigenvalue weighted by molar-refractivity contribution is -0.117. The van der Waals surface area contributed by atoms with Gasteiger partial charge in [0.25, 0.3) is 0 Å². The number of nitrogens with one attached hydrogen (secondary N) is 1. The highest BCUT2D eigenvalue weighted by Gasteiger charge is 2.19. The number of amides is 1. The topological polar surface area (TPSA) is 35.6 Å². The minimum atomic E-state index is -1.61. The monoisotopic (exact) mass is 395 g/mol. The van der Waals surface area contributed by atoms with Crippen molar-refractivity contribution in [1.82, 2.24) is 9.80 Å². The molecular weight excluding hydrogens is 374 g/mol. The van der Waals surface area contributed by atoms with Crippen molar-refractivity contribution in [2.45, 2.75) is 13.0 Å². The van der Waals surface area contributed by atoms with Crippen LogP contribution >= 0.6 is 0 Å². The van der Waals surface area contributed by atoms with Gasteiger partial charge < -0.3 is 5.32 Å². The van der Waals surface area contributed by atoms with Gasteiger partial charge in [-0.2, -0.15) is 0 Å². The van der Waals surface area contributed by atoms with E-state index in [1.807, 2.05) is 4.90 Å². The predicted molar refractivity (Wildman–Crippen MR) is 97.7 cm³/mol. The number of carbonyl (C=O) groups excluding carboxylic acids is 1. The van der Waals surface area contributed by atoms with E-state index in [1.54, 1.807) is 12.1 Å². The highest BCUT2D eigenvalue weighted by molar-refractivity contribution is 5.92. The Bertz CT molecular complexity index is 829. The first-order valence-electron chi connectivity index (χ1n) is 9.05. The van der Waals surface area contributed by atoms with Gasteiger partial charge in [-0.25, -0.2) is 17.6 Å². The van der Waals surface area contributed by atoms with Gasteiger partial charge in [0.2, 0.25) is 5.91 Å². The number of rotatable bonds is 5. The summed E-state index contributed by atoms with van der Waals surface area (Å²) in [6, 6.07) is 8.14. The molecule has 0 spiro atoms. The van der Waals surface area contributed by atoms with Crippen LogP contribution in [0, 0.1) is 23.3 Å². The van der Waals surface area contributed by atoms with E-state index >= 15 is 0 Å². The van der Waals surface area contributed by atoms with Gasteiger partial charge in [-0.3, -0.25) is 14.6 Å². The second kappa shape index (κ2) is 9.16. The third-order valence-corrected chi connectivity index (χ3v) is 4.68. The SMILES string of the molecule is O=C(CN1CCCN(Cc2ccc(F)cc2)CC1)Nc1ccc(F)c(F)c1F. The minimum absolute atomic E-state index is 0.0306. The molecule has 1 aliphatic rings. The molecule has 2 aromatic carbocycles. The molecule has 3 rings (SSSR count). The van der Waals surface area contributed by atoms with Crippen LogP contribution in [0.15, 0.2) is 36.4 Å². The molecule has 1 amide bonds. The zero-order valence-corrected chi connectivity index (χ0v) is 15.2. The van der Waals surface area contributed by atoms with Gasteiger partial charge >= 0.3 is 0 Å². The Hall–Kier alpha value is -2.45. The van der Waals surface area contributed by atoms with E-state index in [-0.39, 0.29) is 18.0 Å². The summed E-state index contributed by atoms with van der Waals surface area (Å²) >= 11 is 0. The molecule has 0 aliphatic carbocycles. The average Bonchev–Trinajstić information content (AvgIpc) is 2.89. The van der Waals surface area contributed by atoms with Crippen LogP contribution in [0.5, 0.6) is 0 Å². The van der Waals surface area contributed by atoms with Crippen molar-refractivity contribution in [2.75, 3.05) is 38.0 Å². The van der Waals surface area contributed by atoms with Crippen molar-refractivity contribution in [3.63, 3.8) is 0 Å². The molecular formula is C20H21F4N3O. The van der Waals surface area contributed by atoms with Gasteiger partial charge in [-0.1, -0.05) is 12.1 Å². The maximum absolute atomic E-state index is 13.7. The van der Waals surface area contributed by atoms with Gasteiger partial charge in [0, 0.05) is 19.6 Å². The smallest absolute Gasteiger partial charge is 0.238 e. The number of benzene rings is 2. The van der Waals surface area contributed by atoms with Crippen LogP contribution < -0.4 is 5.32 Å². The highest BCUT2D eigenvalue weighted by atomic mass is 19.2. The first kappa shape index (κ1) is 20.3. The summed E-state index contributed by atoms with van der Waals surface area (Å²) in [6.07, 6.45) is 0.841. The lowest BCUT2D eigenvalue weighted by Gasteiger charge is -2.21. The molecule has 1 aliphatic heterocycles. The summed E-state index contributed by atoms with van der Waals surface area (Å²) in [5.74, 6) is -5.07. The van der Waals surface area contributed by atoms with Crippen molar-refractivity contribution in [3.8, 4) is 0 Å². The Morgan fingerprint density at radius 2 is 1.54 bits per heavy atom. The van der Waals surface area contributed by atoms with Crippen LogP contribution in [-0.2, 0) is 11.3 Å². The molecule has 2 aromatic rings. The maximum atomic E-state index is 13.7. The minimum Gasteiger partial charge on any atom is -0.322 e. The average molecular weight is 395 g/mol. The lowest BCUT2D eigenvalue weighted by Crippen LogP contribution is -2.36. The van der Waals surface area contributed by atoms with E-state index in [0.29, 0.717) is 19.6 Å². The molecule has 1 fully saturated rings. The van der Waals surface area contributed by atoms with Gasteiger partial charge in [0.1, 0.15) is 5.82 Å². The van der Waals surface area contributed by atoms with Crippen molar-refractivity contribution >= 4 is 11.6 Å². The predicted octanol–water partition coefficient (Wildman–Crippen LogP) is 3.39. The summed E-state index contributed by atoms with van der Waals surface area (Å²) in [4.78, 5) is 16.3. The zero-order valence-electron chi connectivity index (χ0n) is 15.2. The molecule has 1 heterocycles. The summed E-state index contributed by atoms with van der Waals surface area (Å²) in [5.41, 5.74) is 0.637. The van der Waals surface area contributed by atoms with E-state index in [4.69, 9.17) is 0 Å². The zero-order chi connectivity index (χ0) is 20.1. The van der Waals surface area contributed by atoms with Crippen LogP contribution in [0.1, 0.15) is 12.0 Å². The fraction of sp³-hybridized carbons (Fsp3) is 0.350. The van der Waals surface area contributed by atoms with E-state index in [2.05, 4.69) is 10.2 Å². The quantitative estimate of drug-likeness (QED) is 0.623. The van der Waals surface area contributed by atoms with E-state index in [1.165, 1.54) is 12.1 Å². The Kier molecular flexibility index (Phi) is 6.64. The summed E-state index contributed by atoms with van der Waals surface area (Å²) < 4.78 is 52.9. The van der Waals surface area contributed by atoms with Crippen LogP contribution in [0.3, 0.4) is 0 Å². The lowest BCUT2D eigenvalue weighted by atomic mass is 10.2. The Labute approximate surface area is 160 Å². The van der Waals surface area contributed by atoms with Crippen molar-refractivity contribution < 1.29 is 22.4 Å². The molecule has 4 nitrogen and oxygen atoms in total. The molecule has 0 atom stereocenters. The first-order chi connectivity index (χ1) is 13.4. The van der Waals surface area contributed by atoms with Crippen LogP contribution in [0.2, 0.25) is 0 Å². The maximum Gasteiger partial charge on any atom is 0.238 e. The number of anilines is 1. The molecule has 0 saturated carbocycles. The summed E-state index contributed by atoms with van der Waals surface area (Å²) in [6.45, 7) is 3.61. The second-order valence-electron chi connectivity index (χ2n) is 6.80. The molecule has 150 valence electrons. The van der Waals surface area contributed by atoms with E-state index in [9.17, 15) is 22.4 Å². The number of nitrogens with zero attached hydrogens (tertiary/aromatic N) is 2. The van der Waals surface area contributed by atoms with Gasteiger partial charge in [0.05, 0.1) is 12.2 Å². The van der Waals surface area contributed by atoms with Crippen LogP contribution in [0.25, 0.3) is 0 Å². The molecule has 0 radical (unpaired) electrons. The van der Waals surface area contributed by atoms with E-state index < -0.39 is 23.4 Å². The fourth-order valence-electron chi connectivity index (χ4n) is 3.20. The number of halogens is 4. The van der Waals surface area contributed by atoms with Crippen LogP contribution in [0.4, 0.5) is 23.2 Å². The number of carbonyl (C=O) groups is 1. The molecule has 8 heteroatoms. The van der Waals surface area contributed by atoms with Crippen molar-refractivity contribution in [1.29, 1.82) is 0 Å². The first-order valence-corrected chi connectivity index (χ1v) is 9.05. The van der Waals surface area contributed by atoms with Gasteiger partial charge in [-0.05, 0) is 49.3 Å². The molecule has 0 aromatic heterocycles. The summed E-state index contributed by atoms with van der Waals surface area (Å²) in [5, 5.41) is 2.29. The molecule has 1 saturated heterocycles. The van der Waals surface area contributed by atoms with E-state index in [0.717, 1.165) is 37.2 Å². The largest absolute Gasteiger partial charge is 0.322 e. The molecule has 28 heavy (non-hydrogen) atoms. The molecule has 0 bridgehead atoms. The van der Waals surface area contributed by atoms with Crippen molar-refractivity contribution in [2.24, 2.45) is 0 Å². The normalized spacial score (nSPS) is 16.0. The fourth-order valence-corrected chi connectivity index (χ4v) is 3.20. The summed E-state index contributed by atoms with van der Waals surface area (Å²) in [7, 11) is 0. The third-order valence-electron chi connectivity index (χ3n) is 4.68. The van der Waals surface area contributed by atoms with Crippen molar-refractivity contribution in [3.05, 3.63) is 65.2 Å². The molecule has 1 N–H and O–H groups in total. The Morgan fingerprint density at radius 3 is 2.29 bits per heavy atom.